The van der Waals surface area contributed by atoms with Gasteiger partial charge in [0.05, 0.1) is 57.8 Å². The third-order valence-corrected chi connectivity index (χ3v) is 25.7. The van der Waals surface area contributed by atoms with E-state index < -0.39 is 103 Å². The number of hydrogen-bond donors (Lipinski definition) is 2. The van der Waals surface area contributed by atoms with E-state index in [0.717, 1.165) is 59.6 Å². The minimum atomic E-state index is -1.70. The molecule has 10 aliphatic carbocycles. The maximum atomic E-state index is 16.0. The topological polar surface area (TPSA) is 198 Å². The minimum Gasteiger partial charge on any atom is -0.463 e. The highest BCUT2D eigenvalue weighted by molar-refractivity contribution is 7.97. The number of rotatable bonds is 22. The highest BCUT2D eigenvalue weighted by Crippen LogP contribution is 2.63. The predicted molar refractivity (Wildman–Crippen MR) is 333 cm³/mol. The van der Waals surface area contributed by atoms with Crippen molar-refractivity contribution >= 4 is 46.7 Å². The minimum absolute atomic E-state index is 0.0427. The first kappa shape index (κ1) is 63.9. The summed E-state index contributed by atoms with van der Waals surface area (Å²) < 4.78 is 37.6. The van der Waals surface area contributed by atoms with Gasteiger partial charge < -0.3 is 38.6 Å². The third-order valence-electron chi connectivity index (χ3n) is 23.4. The van der Waals surface area contributed by atoms with E-state index in [2.05, 4.69) is 38.1 Å². The summed E-state index contributed by atoms with van der Waals surface area (Å²) >= 11 is 0. The zero-order chi connectivity index (χ0) is 63.2. The van der Waals surface area contributed by atoms with Crippen LogP contribution in [0.25, 0.3) is 0 Å². The maximum Gasteiger partial charge on any atom is 0.347 e. The summed E-state index contributed by atoms with van der Waals surface area (Å²) in [5, 5.41) is 23.9. The van der Waals surface area contributed by atoms with E-state index >= 15 is 19.2 Å². The summed E-state index contributed by atoms with van der Waals surface area (Å²) in [4.78, 5) is 92.6. The molecule has 14 rings (SSSR count). The van der Waals surface area contributed by atoms with Gasteiger partial charge in [0.2, 0.25) is 6.10 Å². The molecule has 15 heteroatoms. The van der Waals surface area contributed by atoms with E-state index in [9.17, 15) is 19.8 Å². The molecular weight excluding hydrogens is 1140 g/mol. The lowest BCUT2D eigenvalue weighted by Gasteiger charge is -2.59. The lowest BCUT2D eigenvalue weighted by Crippen LogP contribution is -2.61. The number of benzene rings is 3. The molecule has 11 fully saturated rings. The van der Waals surface area contributed by atoms with Gasteiger partial charge in [-0.1, -0.05) is 43.3 Å². The van der Waals surface area contributed by atoms with Crippen LogP contribution in [0.3, 0.4) is 0 Å². The smallest absolute Gasteiger partial charge is 0.347 e. The van der Waals surface area contributed by atoms with Crippen molar-refractivity contribution in [3.63, 3.8) is 0 Å². The molecular formula is C74H97O14S+. The van der Waals surface area contributed by atoms with E-state index in [1.54, 1.807) is 39.8 Å². The van der Waals surface area contributed by atoms with Gasteiger partial charge in [-0.2, -0.15) is 0 Å². The van der Waals surface area contributed by atoms with Gasteiger partial charge in [0.15, 0.2) is 14.7 Å². The quantitative estimate of drug-likeness (QED) is 0.0417. The van der Waals surface area contributed by atoms with Crippen LogP contribution in [-0.4, -0.2) is 87.2 Å². The molecule has 1 aliphatic heterocycles. The van der Waals surface area contributed by atoms with E-state index in [4.69, 9.17) is 28.4 Å². The lowest BCUT2D eigenvalue weighted by molar-refractivity contribution is -0.228. The number of ether oxygens (including phenoxy) is 6. The maximum absolute atomic E-state index is 16.0. The van der Waals surface area contributed by atoms with Crippen LogP contribution in [0.1, 0.15) is 184 Å². The Labute approximate surface area is 529 Å². The molecule has 2 N–H and O–H groups in total. The van der Waals surface area contributed by atoms with E-state index in [-0.39, 0.29) is 92.0 Å². The molecule has 12 unspecified atom stereocenters. The van der Waals surface area contributed by atoms with Gasteiger partial charge in [-0.15, -0.1) is 0 Å². The van der Waals surface area contributed by atoms with Crippen molar-refractivity contribution in [1.29, 1.82) is 0 Å². The van der Waals surface area contributed by atoms with Crippen LogP contribution in [0.2, 0.25) is 0 Å². The van der Waals surface area contributed by atoms with Gasteiger partial charge in [0, 0.05) is 12.8 Å². The molecule has 10 saturated carbocycles. The fourth-order valence-corrected chi connectivity index (χ4v) is 22.3. The summed E-state index contributed by atoms with van der Waals surface area (Å²) in [5.74, 6) is -2.20. The van der Waals surface area contributed by atoms with E-state index in [1.165, 1.54) is 6.42 Å². The molecule has 1 saturated heterocycles. The van der Waals surface area contributed by atoms with Crippen molar-refractivity contribution in [2.45, 2.75) is 234 Å². The molecule has 14 nitrogen and oxygen atoms in total. The number of carbonyl (C=O) groups excluding carboxylic acids is 6. The second-order valence-electron chi connectivity index (χ2n) is 32.2. The highest BCUT2D eigenvalue weighted by atomic mass is 32.2. The number of carbonyl (C=O) groups is 6. The summed E-state index contributed by atoms with van der Waals surface area (Å²) in [5.41, 5.74) is -8.13. The molecule has 482 valence electrons. The van der Waals surface area contributed by atoms with Crippen LogP contribution < -0.4 is 4.74 Å². The first-order valence-corrected chi connectivity index (χ1v) is 34.8. The van der Waals surface area contributed by atoms with Gasteiger partial charge in [-0.05, 0) is 272 Å². The molecule has 1 heterocycles. The molecule has 12 atom stereocenters. The van der Waals surface area contributed by atoms with Crippen molar-refractivity contribution in [2.75, 3.05) is 6.61 Å². The van der Waals surface area contributed by atoms with Crippen molar-refractivity contribution in [3.05, 3.63) is 84.9 Å². The average Bonchev–Trinajstić information content (AvgIpc) is 1.51. The Morgan fingerprint density at radius 1 is 0.685 bits per heavy atom. The molecule has 0 aromatic heterocycles. The van der Waals surface area contributed by atoms with Gasteiger partial charge in [0.25, 0.3) is 0 Å². The van der Waals surface area contributed by atoms with Crippen LogP contribution in [0, 0.1) is 87.3 Å². The molecule has 0 amide bonds. The summed E-state index contributed by atoms with van der Waals surface area (Å²) in [6.45, 7) is 16.8. The highest BCUT2D eigenvalue weighted by Gasteiger charge is 2.63. The Morgan fingerprint density at radius 2 is 1.27 bits per heavy atom. The first-order valence-electron chi connectivity index (χ1n) is 33.6. The zero-order valence-corrected chi connectivity index (χ0v) is 54.8. The van der Waals surface area contributed by atoms with Crippen LogP contribution in [0.15, 0.2) is 99.6 Å². The largest absolute Gasteiger partial charge is 0.463 e. The first-order chi connectivity index (χ1) is 42.0. The Bertz CT molecular complexity index is 3050. The van der Waals surface area contributed by atoms with E-state index in [1.807, 2.05) is 69.3 Å². The summed E-state index contributed by atoms with van der Waals surface area (Å²) in [6, 6.07) is 28.1. The molecule has 0 spiro atoms. The number of aliphatic hydroxyl groups is 2. The van der Waals surface area contributed by atoms with Crippen molar-refractivity contribution in [2.24, 2.45) is 87.3 Å². The Kier molecular flexibility index (Phi) is 17.2. The average molecular weight is 1240 g/mol. The van der Waals surface area contributed by atoms with Crippen LogP contribution in [0.5, 0.6) is 5.75 Å². The third kappa shape index (κ3) is 13.1. The SMILES string of the molecule is CC1C2CC(C(O)CC(=O)OC(C)(C)C)C(C2)C1CC(CC(C)(CC(C)(CC(C)(C)C(=O)Oc1ccc([S+](c2ccccc2)c2ccccc2)cc1)C(=O)OC12CC3CC(CC(O)(C3)C1)C2)C(=O)OC1CCOC1=O)C(=O)OC1(C)C2CC3CC(C2)CC1C3. The standard InChI is InChI=1S/C74H97O14S/c1-44-49-32-58(59(33-49)60(75)35-62(76)86-68(2,3)4)57(44)34-50(63(77)87-72(9)51-28-45-26-46(30-51)31-52(72)29-45)40-70(7,66(80)85-61-24-25-83-64(61)78)42-71(8,67(81)88-74-38-47-27-48(39-74)37-73(82,36-47)43-74)41-69(5,6)65(79)84-53-20-22-56(23-21-53)89(54-16-12-10-13-17-54)55-18-14-11-15-19-55/h10-23,44-52,57-61,75,82H,24-43H2,1-9H3/q+1. The fourth-order valence-electron chi connectivity index (χ4n) is 20.2. The molecule has 10 bridgehead atoms. The second kappa shape index (κ2) is 24.0. The van der Waals surface area contributed by atoms with Gasteiger partial charge in [-0.25, -0.2) is 4.79 Å². The summed E-state index contributed by atoms with van der Waals surface area (Å²) in [6.07, 6.45) is 8.10. The van der Waals surface area contributed by atoms with Crippen LogP contribution in [-0.2, 0) is 63.3 Å². The summed E-state index contributed by atoms with van der Waals surface area (Å²) in [7, 11) is -0.449. The van der Waals surface area contributed by atoms with Crippen LogP contribution in [0.4, 0.5) is 0 Å². The van der Waals surface area contributed by atoms with Crippen molar-refractivity contribution in [3.8, 4) is 5.75 Å². The number of cyclic esters (lactones) is 1. The fraction of sp³-hybridized carbons (Fsp3) is 0.676. The monoisotopic (exact) mass is 1240 g/mol. The van der Waals surface area contributed by atoms with Gasteiger partial charge in [-0.3, -0.25) is 24.0 Å². The Balaban J connectivity index is 0.883. The Hall–Kier alpha value is -5.25. The molecule has 11 aliphatic rings. The predicted octanol–water partition coefficient (Wildman–Crippen LogP) is 13.1. The molecule has 3 aromatic carbocycles. The number of aliphatic hydroxyl groups excluding tert-OH is 1. The lowest BCUT2D eigenvalue weighted by atomic mass is 9.50. The van der Waals surface area contributed by atoms with Crippen molar-refractivity contribution < 1.29 is 67.4 Å². The second-order valence-corrected chi connectivity index (χ2v) is 34.3. The number of esters is 6. The molecule has 3 aromatic rings. The number of hydrogen-bond acceptors (Lipinski definition) is 14. The number of fused-ring (bicyclic) bond motifs is 2. The van der Waals surface area contributed by atoms with Gasteiger partial charge >= 0.3 is 35.8 Å². The molecule has 89 heavy (non-hydrogen) atoms. The van der Waals surface area contributed by atoms with E-state index in [0.29, 0.717) is 56.1 Å². The molecule has 0 radical (unpaired) electrons. The zero-order valence-electron chi connectivity index (χ0n) is 54.0. The Morgan fingerprint density at radius 3 is 1.82 bits per heavy atom. The van der Waals surface area contributed by atoms with Crippen molar-refractivity contribution in [1.82, 2.24) is 0 Å². The normalized spacial score (nSPS) is 35.1. The van der Waals surface area contributed by atoms with Gasteiger partial charge in [0.1, 0.15) is 22.6 Å². The van der Waals surface area contributed by atoms with Crippen LogP contribution >= 0.6 is 0 Å².